The lowest BCUT2D eigenvalue weighted by Gasteiger charge is -2.42. The van der Waals surface area contributed by atoms with Crippen molar-refractivity contribution in [2.24, 2.45) is 0 Å². The second-order valence-corrected chi connectivity index (χ2v) is 10.4. The van der Waals surface area contributed by atoms with Gasteiger partial charge in [-0.05, 0) is 37.3 Å². The van der Waals surface area contributed by atoms with Crippen LogP contribution in [0.4, 0.5) is 0 Å². The number of nitrogens with zero attached hydrogens (tertiary/aromatic N) is 1. The van der Waals surface area contributed by atoms with E-state index in [-0.39, 0.29) is 0 Å². The van der Waals surface area contributed by atoms with Crippen molar-refractivity contribution in [2.45, 2.75) is 32.3 Å². The van der Waals surface area contributed by atoms with Crippen molar-refractivity contribution in [1.29, 1.82) is 0 Å². The predicted octanol–water partition coefficient (Wildman–Crippen LogP) is 2.73. The van der Waals surface area contributed by atoms with Gasteiger partial charge < -0.3 is 9.16 Å². The van der Waals surface area contributed by atoms with Crippen LogP contribution in [0.25, 0.3) is 0 Å². The molecule has 0 atom stereocenters. The number of methoxy groups -OCH3 is 1. The zero-order valence-corrected chi connectivity index (χ0v) is 12.8. The Balaban J connectivity index is 1.79. The van der Waals surface area contributed by atoms with E-state index >= 15 is 0 Å². The molecule has 2 rings (SSSR count). The number of likely N-dealkylation sites (tertiary alicyclic amines) is 1. The molecule has 4 heteroatoms. The molecule has 1 aromatic rings. The maximum absolute atomic E-state index is 6.06. The molecule has 1 fully saturated rings. The Morgan fingerprint density at radius 3 is 2.61 bits per heavy atom. The molecule has 0 unspecified atom stereocenters. The normalized spacial score (nSPS) is 17.6. The van der Waals surface area contributed by atoms with Gasteiger partial charge in [-0.1, -0.05) is 12.1 Å². The molecule has 0 aliphatic carbocycles. The third kappa shape index (κ3) is 3.83. The van der Waals surface area contributed by atoms with E-state index in [1.165, 1.54) is 5.56 Å². The lowest BCUT2D eigenvalue weighted by Crippen LogP contribution is -2.54. The van der Waals surface area contributed by atoms with Gasteiger partial charge in [0.05, 0.1) is 13.2 Å². The minimum atomic E-state index is -1.37. The predicted molar refractivity (Wildman–Crippen MR) is 76.5 cm³/mol. The fraction of sp³-hybridized carbons (Fsp3) is 0.571. The third-order valence-electron chi connectivity index (χ3n) is 2.98. The SMILES string of the molecule is COc1cccc(CN2CC(O[Si](C)(C)C)C2)c1. The van der Waals surface area contributed by atoms with Crippen LogP contribution in [0.3, 0.4) is 0 Å². The van der Waals surface area contributed by atoms with Gasteiger partial charge in [-0.25, -0.2) is 0 Å². The molecule has 1 heterocycles. The largest absolute Gasteiger partial charge is 0.497 e. The van der Waals surface area contributed by atoms with Crippen molar-refractivity contribution in [2.75, 3.05) is 20.2 Å². The summed E-state index contributed by atoms with van der Waals surface area (Å²) >= 11 is 0. The Morgan fingerprint density at radius 2 is 2.00 bits per heavy atom. The van der Waals surface area contributed by atoms with Gasteiger partial charge in [0.2, 0.25) is 0 Å². The van der Waals surface area contributed by atoms with Crippen molar-refractivity contribution < 1.29 is 9.16 Å². The number of ether oxygens (including phenoxy) is 1. The molecule has 18 heavy (non-hydrogen) atoms. The average Bonchev–Trinajstić information content (AvgIpc) is 2.25. The van der Waals surface area contributed by atoms with Crippen LogP contribution in [0.15, 0.2) is 24.3 Å². The van der Waals surface area contributed by atoms with Crippen LogP contribution in [-0.2, 0) is 11.0 Å². The van der Waals surface area contributed by atoms with Gasteiger partial charge in [0.1, 0.15) is 5.75 Å². The molecule has 1 aliphatic rings. The molecular weight excluding hydrogens is 242 g/mol. The van der Waals surface area contributed by atoms with Gasteiger partial charge in [0.15, 0.2) is 8.32 Å². The monoisotopic (exact) mass is 265 g/mol. The van der Waals surface area contributed by atoms with Crippen LogP contribution >= 0.6 is 0 Å². The maximum atomic E-state index is 6.06. The van der Waals surface area contributed by atoms with Gasteiger partial charge in [0, 0.05) is 19.6 Å². The summed E-state index contributed by atoms with van der Waals surface area (Å²) in [5, 5.41) is 0. The van der Waals surface area contributed by atoms with E-state index in [0.717, 1.165) is 25.4 Å². The third-order valence-corrected chi connectivity index (χ3v) is 4.02. The van der Waals surface area contributed by atoms with Crippen LogP contribution in [0.5, 0.6) is 5.75 Å². The van der Waals surface area contributed by atoms with E-state index in [4.69, 9.17) is 9.16 Å². The lowest BCUT2D eigenvalue weighted by molar-refractivity contribution is 0.00952. The van der Waals surface area contributed by atoms with Gasteiger partial charge in [-0.2, -0.15) is 0 Å². The number of benzene rings is 1. The topological polar surface area (TPSA) is 21.7 Å². The molecular formula is C14H23NO2Si. The summed E-state index contributed by atoms with van der Waals surface area (Å²) in [5.41, 5.74) is 1.31. The first-order valence-electron chi connectivity index (χ1n) is 6.49. The van der Waals surface area contributed by atoms with E-state index in [0.29, 0.717) is 6.10 Å². The average molecular weight is 265 g/mol. The van der Waals surface area contributed by atoms with Gasteiger partial charge in [-0.3, -0.25) is 4.90 Å². The highest BCUT2D eigenvalue weighted by Gasteiger charge is 2.31. The van der Waals surface area contributed by atoms with Crippen molar-refractivity contribution in [1.82, 2.24) is 4.90 Å². The van der Waals surface area contributed by atoms with Crippen molar-refractivity contribution in [3.8, 4) is 5.75 Å². The van der Waals surface area contributed by atoms with E-state index in [2.05, 4.69) is 36.7 Å². The summed E-state index contributed by atoms with van der Waals surface area (Å²) < 4.78 is 11.3. The van der Waals surface area contributed by atoms with Crippen molar-refractivity contribution in [3.63, 3.8) is 0 Å². The quantitative estimate of drug-likeness (QED) is 0.764. The van der Waals surface area contributed by atoms with Crippen LogP contribution in [-0.4, -0.2) is 39.5 Å². The molecule has 0 spiro atoms. The second kappa shape index (κ2) is 5.43. The summed E-state index contributed by atoms with van der Waals surface area (Å²) in [5.74, 6) is 0.933. The first kappa shape index (κ1) is 13.6. The summed E-state index contributed by atoms with van der Waals surface area (Å²) in [6.45, 7) is 9.85. The Kier molecular flexibility index (Phi) is 4.09. The van der Waals surface area contributed by atoms with Gasteiger partial charge >= 0.3 is 0 Å². The molecule has 1 aliphatic heterocycles. The molecule has 100 valence electrons. The van der Waals surface area contributed by atoms with Crippen LogP contribution in [0, 0.1) is 0 Å². The second-order valence-electron chi connectivity index (χ2n) is 5.90. The Hall–Kier alpha value is -0.843. The number of hydrogen-bond donors (Lipinski definition) is 0. The highest BCUT2D eigenvalue weighted by molar-refractivity contribution is 6.69. The molecule has 0 aromatic heterocycles. The summed E-state index contributed by atoms with van der Waals surface area (Å²) in [4.78, 5) is 2.42. The maximum Gasteiger partial charge on any atom is 0.184 e. The fourth-order valence-corrected chi connectivity index (χ4v) is 3.40. The molecule has 0 radical (unpaired) electrons. The molecule has 0 N–H and O–H groups in total. The van der Waals surface area contributed by atoms with Crippen LogP contribution in [0.2, 0.25) is 19.6 Å². The minimum absolute atomic E-state index is 0.447. The van der Waals surface area contributed by atoms with E-state index in [1.807, 2.05) is 12.1 Å². The molecule has 3 nitrogen and oxygen atoms in total. The Bertz CT molecular complexity index is 397. The number of rotatable bonds is 5. The van der Waals surface area contributed by atoms with Crippen LogP contribution in [0.1, 0.15) is 5.56 Å². The fourth-order valence-electron chi connectivity index (χ4n) is 2.26. The molecule has 0 saturated carbocycles. The molecule has 1 aromatic carbocycles. The number of hydrogen-bond acceptors (Lipinski definition) is 3. The van der Waals surface area contributed by atoms with E-state index < -0.39 is 8.32 Å². The smallest absolute Gasteiger partial charge is 0.184 e. The minimum Gasteiger partial charge on any atom is -0.497 e. The Labute approximate surface area is 111 Å². The van der Waals surface area contributed by atoms with E-state index in [9.17, 15) is 0 Å². The zero-order valence-electron chi connectivity index (χ0n) is 11.8. The zero-order chi connectivity index (χ0) is 13.2. The first-order valence-corrected chi connectivity index (χ1v) is 9.90. The highest BCUT2D eigenvalue weighted by Crippen LogP contribution is 2.21. The van der Waals surface area contributed by atoms with Crippen molar-refractivity contribution in [3.05, 3.63) is 29.8 Å². The molecule has 0 amide bonds. The van der Waals surface area contributed by atoms with Gasteiger partial charge in [0.25, 0.3) is 0 Å². The van der Waals surface area contributed by atoms with Crippen molar-refractivity contribution >= 4 is 8.32 Å². The summed E-state index contributed by atoms with van der Waals surface area (Å²) in [6, 6.07) is 8.28. The first-order chi connectivity index (χ1) is 8.46. The highest BCUT2D eigenvalue weighted by atomic mass is 28.4. The molecule has 0 bridgehead atoms. The van der Waals surface area contributed by atoms with E-state index in [1.54, 1.807) is 7.11 Å². The summed E-state index contributed by atoms with van der Waals surface area (Å²) in [6.07, 6.45) is 0.447. The summed E-state index contributed by atoms with van der Waals surface area (Å²) in [7, 11) is 0.336. The molecule has 1 saturated heterocycles. The Morgan fingerprint density at radius 1 is 1.28 bits per heavy atom. The standard InChI is InChI=1S/C14H23NO2Si/c1-16-13-7-5-6-12(8-13)9-15-10-14(11-15)17-18(2,3)4/h5-8,14H,9-11H2,1-4H3. The van der Waals surface area contributed by atoms with Gasteiger partial charge in [-0.15, -0.1) is 0 Å². The lowest BCUT2D eigenvalue weighted by atomic mass is 10.1. The van der Waals surface area contributed by atoms with Crippen LogP contribution < -0.4 is 4.74 Å².